The summed E-state index contributed by atoms with van der Waals surface area (Å²) < 4.78 is 39.4. The summed E-state index contributed by atoms with van der Waals surface area (Å²) in [5.74, 6) is -0.163. The standard InChI is InChI=1S/C17H21NO7S/c1-11(16(19)18(2)12-7-8-26(21,22)10-12)24-17(20)15-9-23-13-5-3-4-6-14(13)25-15/h3-6,11-12,15H,7-10H2,1-2H3/t11-,12+,15+/m1/s1. The van der Waals surface area contributed by atoms with Crippen molar-refractivity contribution in [1.29, 1.82) is 0 Å². The monoisotopic (exact) mass is 383 g/mol. The zero-order chi connectivity index (χ0) is 18.9. The molecule has 142 valence electrons. The molecule has 1 saturated heterocycles. The van der Waals surface area contributed by atoms with Crippen LogP contribution in [0.15, 0.2) is 24.3 Å². The molecule has 0 aliphatic carbocycles. The summed E-state index contributed by atoms with van der Waals surface area (Å²) in [5, 5.41) is 0. The van der Waals surface area contributed by atoms with E-state index >= 15 is 0 Å². The van der Waals surface area contributed by atoms with Gasteiger partial charge in [0.05, 0.1) is 11.5 Å². The molecule has 1 fully saturated rings. The highest BCUT2D eigenvalue weighted by Gasteiger charge is 2.36. The molecule has 2 aliphatic rings. The summed E-state index contributed by atoms with van der Waals surface area (Å²) in [5.41, 5.74) is 0. The molecule has 1 aromatic carbocycles. The molecule has 0 spiro atoms. The maximum Gasteiger partial charge on any atom is 0.351 e. The minimum absolute atomic E-state index is 0.00648. The van der Waals surface area contributed by atoms with E-state index in [4.69, 9.17) is 14.2 Å². The largest absolute Gasteiger partial charge is 0.485 e. The van der Waals surface area contributed by atoms with Crippen molar-refractivity contribution in [2.24, 2.45) is 0 Å². The summed E-state index contributed by atoms with van der Waals surface area (Å²) in [6, 6.07) is 6.56. The van der Waals surface area contributed by atoms with Crippen molar-refractivity contribution >= 4 is 21.7 Å². The van der Waals surface area contributed by atoms with Gasteiger partial charge in [-0.05, 0) is 25.5 Å². The first-order valence-electron chi connectivity index (χ1n) is 8.33. The fraction of sp³-hybridized carbons (Fsp3) is 0.529. The van der Waals surface area contributed by atoms with Crippen molar-refractivity contribution in [3.05, 3.63) is 24.3 Å². The number of benzene rings is 1. The maximum absolute atomic E-state index is 12.4. The number of ether oxygens (including phenoxy) is 3. The molecule has 0 bridgehead atoms. The third kappa shape index (κ3) is 3.92. The highest BCUT2D eigenvalue weighted by Crippen LogP contribution is 2.31. The minimum Gasteiger partial charge on any atom is -0.485 e. The van der Waals surface area contributed by atoms with Gasteiger partial charge in [-0.1, -0.05) is 12.1 Å². The van der Waals surface area contributed by atoms with E-state index in [0.29, 0.717) is 17.9 Å². The van der Waals surface area contributed by atoms with Crippen LogP contribution in [0, 0.1) is 0 Å². The molecule has 0 aromatic heterocycles. The number of fused-ring (bicyclic) bond motifs is 1. The van der Waals surface area contributed by atoms with E-state index in [-0.39, 0.29) is 18.1 Å². The maximum atomic E-state index is 12.4. The first kappa shape index (κ1) is 18.5. The third-order valence-corrected chi connectivity index (χ3v) is 6.27. The van der Waals surface area contributed by atoms with Crippen LogP contribution < -0.4 is 9.47 Å². The highest BCUT2D eigenvalue weighted by molar-refractivity contribution is 7.91. The van der Waals surface area contributed by atoms with Gasteiger partial charge in [-0.25, -0.2) is 13.2 Å². The average molecular weight is 383 g/mol. The van der Waals surface area contributed by atoms with Crippen LogP contribution >= 0.6 is 0 Å². The molecule has 26 heavy (non-hydrogen) atoms. The Hall–Kier alpha value is -2.29. The van der Waals surface area contributed by atoms with Crippen LogP contribution in [0.25, 0.3) is 0 Å². The summed E-state index contributed by atoms with van der Waals surface area (Å²) in [4.78, 5) is 26.1. The molecule has 1 amide bonds. The van der Waals surface area contributed by atoms with Crippen LogP contribution in [0.4, 0.5) is 0 Å². The Labute approximate surface area is 151 Å². The van der Waals surface area contributed by atoms with Gasteiger partial charge in [0.2, 0.25) is 6.10 Å². The van der Waals surface area contributed by atoms with E-state index in [1.807, 2.05) is 0 Å². The Morgan fingerprint density at radius 2 is 1.96 bits per heavy atom. The number of rotatable bonds is 4. The van der Waals surface area contributed by atoms with Gasteiger partial charge < -0.3 is 19.1 Å². The van der Waals surface area contributed by atoms with Crippen LogP contribution in [0.1, 0.15) is 13.3 Å². The van der Waals surface area contributed by atoms with E-state index in [1.165, 1.54) is 18.9 Å². The molecular formula is C17H21NO7S. The third-order valence-electron chi connectivity index (χ3n) is 4.52. The van der Waals surface area contributed by atoms with Crippen LogP contribution in [-0.2, 0) is 24.2 Å². The Kier molecular flexibility index (Phi) is 5.08. The predicted octanol–water partition coefficient (Wildman–Crippen LogP) is 0.404. The summed E-state index contributed by atoms with van der Waals surface area (Å²) in [6.07, 6.45) is -1.62. The smallest absolute Gasteiger partial charge is 0.351 e. The van der Waals surface area contributed by atoms with E-state index in [9.17, 15) is 18.0 Å². The molecule has 0 saturated carbocycles. The van der Waals surface area contributed by atoms with Crippen molar-refractivity contribution in [1.82, 2.24) is 4.90 Å². The number of nitrogens with zero attached hydrogens (tertiary/aromatic N) is 1. The van der Waals surface area contributed by atoms with E-state index < -0.39 is 40.0 Å². The number of hydrogen-bond acceptors (Lipinski definition) is 7. The lowest BCUT2D eigenvalue weighted by molar-refractivity contribution is -0.166. The molecule has 1 aromatic rings. The summed E-state index contributed by atoms with van der Waals surface area (Å²) in [6.45, 7) is 1.45. The molecule has 9 heteroatoms. The molecule has 0 radical (unpaired) electrons. The van der Waals surface area contributed by atoms with E-state index in [1.54, 1.807) is 24.3 Å². The number of carbonyl (C=O) groups is 2. The second kappa shape index (κ2) is 7.14. The summed E-state index contributed by atoms with van der Waals surface area (Å²) >= 11 is 0. The average Bonchev–Trinajstić information content (AvgIpc) is 2.99. The van der Waals surface area contributed by atoms with E-state index in [0.717, 1.165) is 0 Å². The second-order valence-electron chi connectivity index (χ2n) is 6.45. The lowest BCUT2D eigenvalue weighted by Gasteiger charge is -2.28. The lowest BCUT2D eigenvalue weighted by Crippen LogP contribution is -2.46. The van der Waals surface area contributed by atoms with E-state index in [2.05, 4.69) is 0 Å². The van der Waals surface area contributed by atoms with Crippen molar-refractivity contribution in [3.63, 3.8) is 0 Å². The normalized spacial score (nSPS) is 24.5. The fourth-order valence-corrected chi connectivity index (χ4v) is 4.76. The van der Waals surface area contributed by atoms with Crippen molar-refractivity contribution in [3.8, 4) is 11.5 Å². The lowest BCUT2D eigenvalue weighted by atomic mass is 10.2. The minimum atomic E-state index is -3.11. The van der Waals surface area contributed by atoms with Gasteiger partial charge in [-0.15, -0.1) is 0 Å². The SMILES string of the molecule is C[C@@H](OC(=O)[C@@H]1COc2ccccc2O1)C(=O)N(C)[C@H]1CCS(=O)(=O)C1. The van der Waals surface area contributed by atoms with Gasteiger partial charge in [0.25, 0.3) is 5.91 Å². The number of esters is 1. The predicted molar refractivity (Wildman–Crippen MR) is 91.7 cm³/mol. The molecule has 3 rings (SSSR count). The molecule has 0 unspecified atom stereocenters. The topological polar surface area (TPSA) is 99.2 Å². The van der Waals surface area contributed by atoms with Crippen molar-refractivity contribution in [2.45, 2.75) is 31.6 Å². The van der Waals surface area contributed by atoms with Crippen molar-refractivity contribution < 1.29 is 32.2 Å². The van der Waals surface area contributed by atoms with Gasteiger partial charge in [0, 0.05) is 13.1 Å². The van der Waals surface area contributed by atoms with Gasteiger partial charge >= 0.3 is 5.97 Å². The van der Waals surface area contributed by atoms with Crippen LogP contribution in [0.2, 0.25) is 0 Å². The Morgan fingerprint density at radius 3 is 2.62 bits per heavy atom. The fourth-order valence-electron chi connectivity index (χ4n) is 2.98. The van der Waals surface area contributed by atoms with Crippen LogP contribution in [-0.4, -0.2) is 68.6 Å². The second-order valence-corrected chi connectivity index (χ2v) is 8.68. The van der Waals surface area contributed by atoms with Gasteiger partial charge in [-0.3, -0.25) is 4.79 Å². The zero-order valence-corrected chi connectivity index (χ0v) is 15.4. The first-order chi connectivity index (χ1) is 12.3. The number of likely N-dealkylation sites (N-methyl/N-ethyl adjacent to an activating group) is 1. The van der Waals surface area contributed by atoms with Crippen LogP contribution in [0.5, 0.6) is 11.5 Å². The summed E-state index contributed by atoms with van der Waals surface area (Å²) in [7, 11) is -1.58. The number of para-hydroxylation sites is 2. The molecule has 8 nitrogen and oxygen atoms in total. The number of carbonyl (C=O) groups excluding carboxylic acids is 2. The Bertz CT molecular complexity index is 807. The molecule has 2 aliphatic heterocycles. The van der Waals surface area contributed by atoms with Gasteiger partial charge in [0.15, 0.2) is 27.4 Å². The Balaban J connectivity index is 1.56. The number of amides is 1. The molecule has 0 N–H and O–H groups in total. The number of sulfone groups is 1. The zero-order valence-electron chi connectivity index (χ0n) is 14.6. The first-order valence-corrected chi connectivity index (χ1v) is 10.1. The Morgan fingerprint density at radius 1 is 1.27 bits per heavy atom. The molecular weight excluding hydrogens is 362 g/mol. The van der Waals surface area contributed by atoms with Crippen LogP contribution in [0.3, 0.4) is 0 Å². The molecule has 2 heterocycles. The van der Waals surface area contributed by atoms with Gasteiger partial charge in [-0.2, -0.15) is 0 Å². The molecule has 3 atom stereocenters. The van der Waals surface area contributed by atoms with Gasteiger partial charge in [0.1, 0.15) is 6.61 Å². The van der Waals surface area contributed by atoms with Crippen molar-refractivity contribution in [2.75, 3.05) is 25.2 Å². The quantitative estimate of drug-likeness (QED) is 0.694. The highest BCUT2D eigenvalue weighted by atomic mass is 32.2. The number of hydrogen-bond donors (Lipinski definition) is 0.